The van der Waals surface area contributed by atoms with Crippen LogP contribution in [0.15, 0.2) is 53.1 Å². The molecule has 156 valence electrons. The largest absolute Gasteiger partial charge is 0.348 e. The molecule has 1 aliphatic rings. The Morgan fingerprint density at radius 3 is 2.60 bits per heavy atom. The van der Waals surface area contributed by atoms with Gasteiger partial charge in [0.15, 0.2) is 0 Å². The number of hydrogen-bond acceptors (Lipinski definition) is 3. The molecule has 0 radical (unpaired) electrons. The first-order valence-corrected chi connectivity index (χ1v) is 10.2. The van der Waals surface area contributed by atoms with Gasteiger partial charge in [-0.15, -0.1) is 0 Å². The van der Waals surface area contributed by atoms with Gasteiger partial charge in [0.1, 0.15) is 11.5 Å². The van der Waals surface area contributed by atoms with Crippen molar-refractivity contribution in [1.82, 2.24) is 19.3 Å². The van der Waals surface area contributed by atoms with Gasteiger partial charge in [-0.05, 0) is 69.4 Å². The van der Waals surface area contributed by atoms with E-state index in [4.69, 9.17) is 0 Å². The molecule has 0 saturated heterocycles. The minimum absolute atomic E-state index is 0.0893. The molecule has 1 aliphatic carbocycles. The maximum absolute atomic E-state index is 13.4. The van der Waals surface area contributed by atoms with Crippen LogP contribution in [0.2, 0.25) is 0 Å². The zero-order chi connectivity index (χ0) is 21.4. The van der Waals surface area contributed by atoms with Crippen molar-refractivity contribution in [3.8, 4) is 11.3 Å². The number of aromatic nitrogens is 3. The number of carbonyl (C=O) groups excluding carboxylic acids is 1. The van der Waals surface area contributed by atoms with E-state index in [-0.39, 0.29) is 34.7 Å². The number of benzene rings is 1. The van der Waals surface area contributed by atoms with Gasteiger partial charge in [-0.25, -0.2) is 9.37 Å². The highest BCUT2D eigenvalue weighted by atomic mass is 19.1. The zero-order valence-electron chi connectivity index (χ0n) is 17.4. The second-order valence-electron chi connectivity index (χ2n) is 8.18. The number of imidazole rings is 1. The third-order valence-corrected chi connectivity index (χ3v) is 5.46. The first-order chi connectivity index (χ1) is 14.3. The van der Waals surface area contributed by atoms with Crippen LogP contribution >= 0.6 is 0 Å². The van der Waals surface area contributed by atoms with Crippen molar-refractivity contribution >= 4 is 11.6 Å². The summed E-state index contributed by atoms with van der Waals surface area (Å²) in [6.45, 7) is 6.27. The lowest BCUT2D eigenvalue weighted by atomic mass is 10.1. The number of amides is 1. The van der Waals surface area contributed by atoms with E-state index in [0.29, 0.717) is 23.7 Å². The third kappa shape index (κ3) is 4.06. The Labute approximate surface area is 174 Å². The van der Waals surface area contributed by atoms with Crippen LogP contribution in [0.3, 0.4) is 0 Å². The fourth-order valence-electron chi connectivity index (χ4n) is 3.49. The molecule has 7 heteroatoms. The van der Waals surface area contributed by atoms with Gasteiger partial charge in [-0.1, -0.05) is 11.6 Å². The first kappa shape index (κ1) is 20.1. The van der Waals surface area contributed by atoms with Gasteiger partial charge in [-0.2, -0.15) is 0 Å². The lowest BCUT2D eigenvalue weighted by Gasteiger charge is -2.12. The Morgan fingerprint density at radius 1 is 1.27 bits per heavy atom. The van der Waals surface area contributed by atoms with Gasteiger partial charge < -0.3 is 5.32 Å². The van der Waals surface area contributed by atoms with Crippen LogP contribution < -0.4 is 10.9 Å². The average Bonchev–Trinajstić information content (AvgIpc) is 3.47. The average molecular weight is 408 g/mol. The molecule has 0 spiro atoms. The number of carbonyl (C=O) groups is 1. The predicted octanol–water partition coefficient (Wildman–Crippen LogP) is 3.80. The lowest BCUT2D eigenvalue weighted by Crippen LogP contribution is -2.34. The maximum Gasteiger partial charge on any atom is 0.295 e. The summed E-state index contributed by atoms with van der Waals surface area (Å²) in [6.07, 6.45) is 7.53. The van der Waals surface area contributed by atoms with E-state index in [1.165, 1.54) is 12.1 Å². The van der Waals surface area contributed by atoms with E-state index < -0.39 is 0 Å². The molecule has 0 aliphatic heterocycles. The molecule has 4 rings (SSSR count). The molecular weight excluding hydrogens is 383 g/mol. The van der Waals surface area contributed by atoms with Crippen LogP contribution in [0.25, 0.3) is 16.9 Å². The molecule has 2 aromatic heterocycles. The molecule has 1 fully saturated rings. The molecule has 0 bridgehead atoms. The summed E-state index contributed by atoms with van der Waals surface area (Å²) in [5.41, 5.74) is 2.50. The van der Waals surface area contributed by atoms with E-state index in [1.54, 1.807) is 33.5 Å². The van der Waals surface area contributed by atoms with Crippen molar-refractivity contribution in [1.29, 1.82) is 0 Å². The molecule has 1 aromatic carbocycles. The summed E-state index contributed by atoms with van der Waals surface area (Å²) in [5.74, 6) is -0.0987. The predicted molar refractivity (Wildman–Crippen MR) is 114 cm³/mol. The first-order valence-electron chi connectivity index (χ1n) is 10.2. The summed E-state index contributed by atoms with van der Waals surface area (Å²) in [7, 11) is 0. The summed E-state index contributed by atoms with van der Waals surface area (Å²) in [5, 5.41) is 2.97. The summed E-state index contributed by atoms with van der Waals surface area (Å²) >= 11 is 0. The highest BCUT2D eigenvalue weighted by molar-refractivity contribution is 5.93. The fraction of sp³-hybridized carbons (Fsp3) is 0.348. The molecule has 30 heavy (non-hydrogen) atoms. The van der Waals surface area contributed by atoms with E-state index in [0.717, 1.165) is 18.4 Å². The molecule has 2 heterocycles. The van der Waals surface area contributed by atoms with Crippen LogP contribution in [0, 0.1) is 11.7 Å². The lowest BCUT2D eigenvalue weighted by molar-refractivity contribution is 0.0931. The van der Waals surface area contributed by atoms with Gasteiger partial charge in [-0.3, -0.25) is 18.6 Å². The molecule has 3 aromatic rings. The van der Waals surface area contributed by atoms with Crippen LogP contribution in [0.5, 0.6) is 0 Å². The van der Waals surface area contributed by atoms with Crippen LogP contribution in [-0.2, 0) is 6.54 Å². The van der Waals surface area contributed by atoms with E-state index in [2.05, 4.69) is 10.3 Å². The van der Waals surface area contributed by atoms with Crippen LogP contribution in [0.1, 0.15) is 44.1 Å². The van der Waals surface area contributed by atoms with Crippen LogP contribution in [0.4, 0.5) is 4.39 Å². The van der Waals surface area contributed by atoms with Crippen LogP contribution in [-0.4, -0.2) is 25.9 Å². The second kappa shape index (κ2) is 7.89. The van der Waals surface area contributed by atoms with Gasteiger partial charge in [0.25, 0.3) is 11.5 Å². The summed E-state index contributed by atoms with van der Waals surface area (Å²) < 4.78 is 16.6. The van der Waals surface area contributed by atoms with Gasteiger partial charge in [0.05, 0.1) is 5.69 Å². The molecule has 1 N–H and O–H groups in total. The SMILES string of the molecule is CC(C)=CCn1c(-c2ccc(F)cc2)cn2cc(C(=O)N[C@H](C)C3CC3)nc2c1=O. The number of halogens is 1. The fourth-order valence-corrected chi connectivity index (χ4v) is 3.49. The maximum atomic E-state index is 13.4. The van der Waals surface area contributed by atoms with E-state index in [1.807, 2.05) is 26.8 Å². The molecule has 1 saturated carbocycles. The Balaban J connectivity index is 1.79. The van der Waals surface area contributed by atoms with Gasteiger partial charge in [0, 0.05) is 25.0 Å². The smallest absolute Gasteiger partial charge is 0.295 e. The number of rotatable bonds is 6. The summed E-state index contributed by atoms with van der Waals surface area (Å²) in [4.78, 5) is 30.2. The minimum atomic E-state index is -0.343. The normalized spacial score (nSPS) is 14.5. The van der Waals surface area contributed by atoms with Gasteiger partial charge in [0.2, 0.25) is 5.65 Å². The number of hydrogen-bond donors (Lipinski definition) is 1. The standard InChI is InChI=1S/C23H25FN4O2/c1-14(2)10-11-28-20(17-6-8-18(24)9-7-17)13-27-12-19(26-21(27)23(28)30)22(29)25-15(3)16-4-5-16/h6-10,12-13,15-16H,4-5,11H2,1-3H3,(H,25,29)/t15-/m1/s1. The highest BCUT2D eigenvalue weighted by Crippen LogP contribution is 2.32. The van der Waals surface area contributed by atoms with E-state index >= 15 is 0 Å². The number of fused-ring (bicyclic) bond motifs is 1. The quantitative estimate of drug-likeness (QED) is 0.631. The van der Waals surface area contributed by atoms with Crippen molar-refractivity contribution in [2.24, 2.45) is 5.92 Å². The minimum Gasteiger partial charge on any atom is -0.348 e. The van der Waals surface area contributed by atoms with E-state index in [9.17, 15) is 14.0 Å². The highest BCUT2D eigenvalue weighted by Gasteiger charge is 2.29. The topological polar surface area (TPSA) is 68.4 Å². The Kier molecular flexibility index (Phi) is 5.28. The second-order valence-corrected chi connectivity index (χ2v) is 8.18. The van der Waals surface area contributed by atoms with Crippen molar-refractivity contribution in [2.75, 3.05) is 0 Å². The number of nitrogens with zero attached hydrogens (tertiary/aromatic N) is 3. The molecule has 6 nitrogen and oxygen atoms in total. The van der Waals surface area contributed by atoms with Crippen molar-refractivity contribution in [2.45, 2.75) is 46.2 Å². The van der Waals surface area contributed by atoms with Gasteiger partial charge >= 0.3 is 0 Å². The number of allylic oxidation sites excluding steroid dienone is 2. The third-order valence-electron chi connectivity index (χ3n) is 5.46. The number of nitrogens with one attached hydrogen (secondary N) is 1. The molecular formula is C23H25FN4O2. The van der Waals surface area contributed by atoms with Crippen molar-refractivity contribution in [3.63, 3.8) is 0 Å². The Bertz CT molecular complexity index is 1180. The summed E-state index contributed by atoms with van der Waals surface area (Å²) in [6, 6.07) is 6.09. The van der Waals surface area contributed by atoms with Crippen molar-refractivity contribution < 1.29 is 9.18 Å². The molecule has 1 amide bonds. The van der Waals surface area contributed by atoms with Crippen molar-refractivity contribution in [3.05, 3.63) is 70.2 Å². The molecule has 0 unspecified atom stereocenters. The molecule has 1 atom stereocenters. The Morgan fingerprint density at radius 2 is 1.97 bits per heavy atom. The monoisotopic (exact) mass is 408 g/mol. The Hall–Kier alpha value is -3.22. The zero-order valence-corrected chi connectivity index (χ0v) is 17.4.